The maximum atomic E-state index is 11.6. The van der Waals surface area contributed by atoms with Gasteiger partial charge in [-0.05, 0) is 26.3 Å². The zero-order valence-electron chi connectivity index (χ0n) is 25.4. The highest BCUT2D eigenvalue weighted by Crippen LogP contribution is 2.06. The fourth-order valence-corrected chi connectivity index (χ4v) is 2.96. The molecule has 242 valence electrons. The smallest absolute Gasteiger partial charge is 0.407 e. The summed E-state index contributed by atoms with van der Waals surface area (Å²) in [6, 6.07) is 9.49. The van der Waals surface area contributed by atoms with Gasteiger partial charge in [0, 0.05) is 13.1 Å². The molecule has 0 aliphatic carbocycles. The minimum atomic E-state index is -0.513. The molecule has 1 rings (SSSR count). The Morgan fingerprint density at radius 1 is 0.548 bits per heavy atom. The first-order chi connectivity index (χ1) is 20.4. The third-order valence-corrected chi connectivity index (χ3v) is 4.88. The molecule has 0 spiro atoms. The van der Waals surface area contributed by atoms with Gasteiger partial charge in [-0.1, -0.05) is 30.3 Å². The molecule has 0 saturated heterocycles. The lowest BCUT2D eigenvalue weighted by Crippen LogP contribution is -2.34. The predicted molar refractivity (Wildman–Crippen MR) is 155 cm³/mol. The molecule has 0 saturated carbocycles. The van der Waals surface area contributed by atoms with Crippen molar-refractivity contribution in [1.82, 2.24) is 10.6 Å². The Morgan fingerprint density at radius 3 is 1.29 bits per heavy atom. The second kappa shape index (κ2) is 26.1. The molecule has 1 aromatic rings. The van der Waals surface area contributed by atoms with Gasteiger partial charge in [0.1, 0.15) is 12.2 Å². The minimum Gasteiger partial charge on any atom is -0.445 e. The zero-order chi connectivity index (χ0) is 30.6. The van der Waals surface area contributed by atoms with E-state index in [2.05, 4.69) is 10.6 Å². The topological polar surface area (TPSA) is 141 Å². The van der Waals surface area contributed by atoms with E-state index in [4.69, 9.17) is 42.6 Å². The third-order valence-electron chi connectivity index (χ3n) is 4.88. The van der Waals surface area contributed by atoms with Crippen molar-refractivity contribution in [2.45, 2.75) is 33.0 Å². The molecule has 42 heavy (non-hydrogen) atoms. The van der Waals surface area contributed by atoms with Crippen LogP contribution in [0.1, 0.15) is 26.3 Å². The van der Waals surface area contributed by atoms with Crippen LogP contribution in [-0.2, 0) is 49.2 Å². The molecule has 13 heteroatoms. The molecular formula is C29H50N2O11. The Labute approximate surface area is 249 Å². The van der Waals surface area contributed by atoms with Crippen molar-refractivity contribution >= 4 is 12.2 Å². The number of hydrogen-bond donors (Lipinski definition) is 2. The number of ether oxygens (including phenoxy) is 9. The average molecular weight is 603 g/mol. The van der Waals surface area contributed by atoms with Gasteiger partial charge in [-0.2, -0.15) is 0 Å². The Balaban J connectivity index is 1.69. The third kappa shape index (κ3) is 26.4. The zero-order valence-corrected chi connectivity index (χ0v) is 25.4. The van der Waals surface area contributed by atoms with Gasteiger partial charge in [0.05, 0.1) is 92.5 Å². The number of rotatable bonds is 26. The van der Waals surface area contributed by atoms with Crippen molar-refractivity contribution in [1.29, 1.82) is 0 Å². The fraction of sp³-hybridized carbons (Fsp3) is 0.724. The molecule has 0 atom stereocenters. The van der Waals surface area contributed by atoms with E-state index in [9.17, 15) is 9.59 Å². The summed E-state index contributed by atoms with van der Waals surface area (Å²) >= 11 is 0. The molecule has 1 aromatic carbocycles. The quantitative estimate of drug-likeness (QED) is 0.151. The summed E-state index contributed by atoms with van der Waals surface area (Å²) in [5.74, 6) is 0. The fourth-order valence-electron chi connectivity index (χ4n) is 2.96. The summed E-state index contributed by atoms with van der Waals surface area (Å²) in [4.78, 5) is 23.1. The summed E-state index contributed by atoms with van der Waals surface area (Å²) in [5, 5.41) is 5.26. The van der Waals surface area contributed by atoms with Crippen molar-refractivity contribution in [2.75, 3.05) is 106 Å². The largest absolute Gasteiger partial charge is 0.445 e. The molecule has 13 nitrogen and oxygen atoms in total. The van der Waals surface area contributed by atoms with E-state index < -0.39 is 17.8 Å². The van der Waals surface area contributed by atoms with Crippen LogP contribution >= 0.6 is 0 Å². The number of hydrogen-bond acceptors (Lipinski definition) is 11. The van der Waals surface area contributed by atoms with Crippen molar-refractivity contribution < 1.29 is 52.2 Å². The van der Waals surface area contributed by atoms with Gasteiger partial charge < -0.3 is 53.3 Å². The van der Waals surface area contributed by atoms with Crippen LogP contribution in [0.2, 0.25) is 0 Å². The highest BCUT2D eigenvalue weighted by Gasteiger charge is 2.15. The van der Waals surface area contributed by atoms with Gasteiger partial charge >= 0.3 is 12.2 Å². The SMILES string of the molecule is CC(C)(C)OC(=O)NCCOCCOCCOCCOCCOCCOCCOCCNC(=O)OCc1ccccc1. The number of nitrogens with one attached hydrogen (secondary N) is 2. The first-order valence-electron chi connectivity index (χ1n) is 14.3. The highest BCUT2D eigenvalue weighted by atomic mass is 16.6. The Morgan fingerprint density at radius 2 is 0.905 bits per heavy atom. The van der Waals surface area contributed by atoms with Crippen LogP contribution < -0.4 is 10.6 Å². The van der Waals surface area contributed by atoms with Crippen LogP contribution in [0.25, 0.3) is 0 Å². The number of alkyl carbamates (subject to hydrolysis) is 2. The maximum Gasteiger partial charge on any atom is 0.407 e. The van der Waals surface area contributed by atoms with Crippen molar-refractivity contribution in [3.63, 3.8) is 0 Å². The van der Waals surface area contributed by atoms with Crippen molar-refractivity contribution in [3.05, 3.63) is 35.9 Å². The van der Waals surface area contributed by atoms with E-state index in [1.54, 1.807) is 0 Å². The van der Waals surface area contributed by atoms with Crippen LogP contribution in [0.3, 0.4) is 0 Å². The van der Waals surface area contributed by atoms with Crippen LogP contribution in [-0.4, -0.2) is 123 Å². The minimum absolute atomic E-state index is 0.236. The molecule has 2 amide bonds. The summed E-state index contributed by atoms with van der Waals surface area (Å²) in [5.41, 5.74) is 0.422. The standard InChI is InChI=1S/C29H50N2O11/c1-29(2,3)42-28(33)31-10-12-35-14-16-37-18-20-39-22-24-40-23-21-38-19-17-36-15-13-34-11-9-30-27(32)41-25-26-7-5-4-6-8-26/h4-8H,9-25H2,1-3H3,(H,30,32)(H,31,33). The van der Waals surface area contributed by atoms with Crippen molar-refractivity contribution in [2.24, 2.45) is 0 Å². The second-order valence-corrected chi connectivity index (χ2v) is 9.70. The Bertz CT molecular complexity index is 779. The summed E-state index contributed by atoms with van der Waals surface area (Å²) in [6.45, 7) is 12.7. The molecule has 0 unspecified atom stereocenters. The molecule has 0 bridgehead atoms. The van der Waals surface area contributed by atoms with Crippen LogP contribution in [0.5, 0.6) is 0 Å². The number of benzene rings is 1. The lowest BCUT2D eigenvalue weighted by Gasteiger charge is -2.19. The van der Waals surface area contributed by atoms with E-state index >= 15 is 0 Å². The first-order valence-corrected chi connectivity index (χ1v) is 14.3. The lowest BCUT2D eigenvalue weighted by atomic mass is 10.2. The summed E-state index contributed by atoms with van der Waals surface area (Å²) in [7, 11) is 0. The molecule has 0 heterocycles. The summed E-state index contributed by atoms with van der Waals surface area (Å²) < 4.78 is 48.2. The van der Waals surface area contributed by atoms with Gasteiger partial charge in [-0.15, -0.1) is 0 Å². The van der Waals surface area contributed by atoms with Gasteiger partial charge in [0.2, 0.25) is 0 Å². The Hall–Kier alpha value is -2.52. The van der Waals surface area contributed by atoms with E-state index in [1.807, 2.05) is 51.1 Å². The molecule has 0 aliphatic rings. The first kappa shape index (κ1) is 37.5. The average Bonchev–Trinajstić information content (AvgIpc) is 2.95. The van der Waals surface area contributed by atoms with E-state index in [-0.39, 0.29) is 6.61 Å². The molecule has 0 fully saturated rings. The number of carbonyl (C=O) groups excluding carboxylic acids is 2. The highest BCUT2D eigenvalue weighted by molar-refractivity contribution is 5.67. The van der Waals surface area contributed by atoms with Crippen LogP contribution in [0, 0.1) is 0 Å². The van der Waals surface area contributed by atoms with E-state index in [0.717, 1.165) is 5.56 Å². The van der Waals surface area contributed by atoms with Gasteiger partial charge in [0.15, 0.2) is 0 Å². The number of carbonyl (C=O) groups is 2. The molecule has 0 radical (unpaired) electrons. The molecule has 0 aliphatic heterocycles. The Kier molecular flexibility index (Phi) is 23.3. The molecule has 2 N–H and O–H groups in total. The molecular weight excluding hydrogens is 552 g/mol. The van der Waals surface area contributed by atoms with Gasteiger partial charge in [0.25, 0.3) is 0 Å². The predicted octanol–water partition coefficient (Wildman–Crippen LogP) is 2.55. The van der Waals surface area contributed by atoms with Gasteiger partial charge in [-0.3, -0.25) is 0 Å². The second-order valence-electron chi connectivity index (χ2n) is 9.70. The number of amides is 2. The van der Waals surface area contributed by atoms with Crippen LogP contribution in [0.4, 0.5) is 9.59 Å². The van der Waals surface area contributed by atoms with Gasteiger partial charge in [-0.25, -0.2) is 9.59 Å². The normalized spacial score (nSPS) is 11.3. The lowest BCUT2D eigenvalue weighted by molar-refractivity contribution is -0.0203. The van der Waals surface area contributed by atoms with E-state index in [1.165, 1.54) is 0 Å². The summed E-state index contributed by atoms with van der Waals surface area (Å²) in [6.07, 6.45) is -0.928. The van der Waals surface area contributed by atoms with Crippen molar-refractivity contribution in [3.8, 4) is 0 Å². The maximum absolute atomic E-state index is 11.6. The molecule has 0 aromatic heterocycles. The van der Waals surface area contributed by atoms with E-state index in [0.29, 0.717) is 106 Å². The monoisotopic (exact) mass is 602 g/mol. The van der Waals surface area contributed by atoms with Crippen LogP contribution in [0.15, 0.2) is 30.3 Å².